The van der Waals surface area contributed by atoms with Crippen molar-refractivity contribution in [2.45, 2.75) is 38.8 Å². The number of nitrogens with one attached hydrogen (secondary N) is 1. The van der Waals surface area contributed by atoms with Crippen LogP contribution in [0.1, 0.15) is 25.8 Å². The SMILES string of the molecule is C[C@H](CCc1ccccc1)NC(=O)[C@H](C)Oc1ccc(Cl)cc1Cl. The van der Waals surface area contributed by atoms with E-state index in [0.29, 0.717) is 15.8 Å². The van der Waals surface area contributed by atoms with Gasteiger partial charge in [0.25, 0.3) is 5.91 Å². The molecule has 0 heterocycles. The zero-order chi connectivity index (χ0) is 17.5. The highest BCUT2D eigenvalue weighted by Gasteiger charge is 2.18. The van der Waals surface area contributed by atoms with Gasteiger partial charge in [-0.15, -0.1) is 0 Å². The number of carbonyl (C=O) groups is 1. The first-order chi connectivity index (χ1) is 11.5. The molecule has 0 saturated heterocycles. The molecule has 0 aromatic heterocycles. The van der Waals surface area contributed by atoms with Crippen LogP contribution in [0, 0.1) is 0 Å². The fraction of sp³-hybridized carbons (Fsp3) is 0.316. The number of amides is 1. The largest absolute Gasteiger partial charge is 0.479 e. The minimum Gasteiger partial charge on any atom is -0.479 e. The van der Waals surface area contributed by atoms with Crippen molar-refractivity contribution in [3.8, 4) is 5.75 Å². The third-order valence-electron chi connectivity index (χ3n) is 3.66. The van der Waals surface area contributed by atoms with Crippen molar-refractivity contribution in [2.24, 2.45) is 0 Å². The molecule has 0 fully saturated rings. The van der Waals surface area contributed by atoms with Gasteiger partial charge in [0.05, 0.1) is 5.02 Å². The van der Waals surface area contributed by atoms with Crippen molar-refractivity contribution in [3.05, 3.63) is 64.1 Å². The first-order valence-corrected chi connectivity index (χ1v) is 8.67. The monoisotopic (exact) mass is 365 g/mol. The molecule has 2 aromatic carbocycles. The van der Waals surface area contributed by atoms with E-state index in [1.807, 2.05) is 25.1 Å². The third-order valence-corrected chi connectivity index (χ3v) is 4.19. The number of carbonyl (C=O) groups excluding carboxylic acids is 1. The molecule has 0 radical (unpaired) electrons. The number of aryl methyl sites for hydroxylation is 1. The fourth-order valence-electron chi connectivity index (χ4n) is 2.27. The van der Waals surface area contributed by atoms with Gasteiger partial charge in [0.15, 0.2) is 6.10 Å². The van der Waals surface area contributed by atoms with Crippen molar-refractivity contribution < 1.29 is 9.53 Å². The zero-order valence-electron chi connectivity index (χ0n) is 13.8. The second-order valence-corrected chi connectivity index (χ2v) is 6.61. The maximum atomic E-state index is 12.2. The summed E-state index contributed by atoms with van der Waals surface area (Å²) in [5.74, 6) is 0.280. The number of ether oxygens (including phenoxy) is 1. The number of hydrogen-bond donors (Lipinski definition) is 1. The Balaban J connectivity index is 1.82. The molecule has 0 aliphatic heterocycles. The highest BCUT2D eigenvalue weighted by atomic mass is 35.5. The van der Waals surface area contributed by atoms with Crippen molar-refractivity contribution in [1.82, 2.24) is 5.32 Å². The second kappa shape index (κ2) is 8.95. The van der Waals surface area contributed by atoms with E-state index in [9.17, 15) is 4.79 Å². The number of halogens is 2. The van der Waals surface area contributed by atoms with Crippen molar-refractivity contribution in [1.29, 1.82) is 0 Å². The van der Waals surface area contributed by atoms with Crippen LogP contribution in [0.5, 0.6) is 5.75 Å². The van der Waals surface area contributed by atoms with Gasteiger partial charge in [-0.2, -0.15) is 0 Å². The lowest BCUT2D eigenvalue weighted by Gasteiger charge is -2.19. The van der Waals surface area contributed by atoms with E-state index in [0.717, 1.165) is 12.8 Å². The molecule has 0 spiro atoms. The molecule has 2 atom stereocenters. The van der Waals surface area contributed by atoms with Crippen LogP contribution in [0.2, 0.25) is 10.0 Å². The summed E-state index contributed by atoms with van der Waals surface area (Å²) in [4.78, 5) is 12.2. The number of rotatable bonds is 7. The molecule has 0 bridgehead atoms. The maximum absolute atomic E-state index is 12.2. The summed E-state index contributed by atoms with van der Waals surface area (Å²) in [6.07, 6.45) is 1.15. The van der Waals surface area contributed by atoms with E-state index in [1.165, 1.54) is 5.56 Å². The molecule has 1 amide bonds. The summed E-state index contributed by atoms with van der Waals surface area (Å²) >= 11 is 11.9. The second-order valence-electron chi connectivity index (χ2n) is 5.77. The molecule has 0 aliphatic rings. The summed E-state index contributed by atoms with van der Waals surface area (Å²) in [7, 11) is 0. The minimum atomic E-state index is -0.636. The molecule has 2 aromatic rings. The third kappa shape index (κ3) is 5.73. The summed E-state index contributed by atoms with van der Waals surface area (Å²) in [6, 6.07) is 15.2. The van der Waals surface area contributed by atoms with Crippen LogP contribution in [0.25, 0.3) is 0 Å². The Kier molecular flexibility index (Phi) is 6.95. The lowest BCUT2D eigenvalue weighted by Crippen LogP contribution is -2.41. The van der Waals surface area contributed by atoms with Gasteiger partial charge in [-0.05, 0) is 50.5 Å². The van der Waals surface area contributed by atoms with Gasteiger partial charge in [-0.3, -0.25) is 4.79 Å². The van der Waals surface area contributed by atoms with Crippen LogP contribution in [0.3, 0.4) is 0 Å². The molecule has 0 unspecified atom stereocenters. The van der Waals surface area contributed by atoms with Crippen molar-refractivity contribution >= 4 is 29.1 Å². The summed E-state index contributed by atoms with van der Waals surface area (Å²) in [5.41, 5.74) is 1.26. The Labute approximate surface area is 152 Å². The highest BCUT2D eigenvalue weighted by molar-refractivity contribution is 6.35. The van der Waals surface area contributed by atoms with E-state index in [4.69, 9.17) is 27.9 Å². The van der Waals surface area contributed by atoms with Gasteiger partial charge in [0.1, 0.15) is 5.75 Å². The Hall–Kier alpha value is -1.71. The van der Waals surface area contributed by atoms with E-state index in [2.05, 4.69) is 17.4 Å². The van der Waals surface area contributed by atoms with Gasteiger partial charge in [0.2, 0.25) is 0 Å². The van der Waals surface area contributed by atoms with Gasteiger partial charge in [-0.25, -0.2) is 0 Å². The molecule has 3 nitrogen and oxygen atoms in total. The molecule has 1 N–H and O–H groups in total. The lowest BCUT2D eigenvalue weighted by molar-refractivity contribution is -0.127. The van der Waals surface area contributed by atoms with E-state index < -0.39 is 6.10 Å². The van der Waals surface area contributed by atoms with Gasteiger partial charge in [0, 0.05) is 11.1 Å². The van der Waals surface area contributed by atoms with Crippen LogP contribution < -0.4 is 10.1 Å². The topological polar surface area (TPSA) is 38.3 Å². The van der Waals surface area contributed by atoms with Crippen LogP contribution in [-0.2, 0) is 11.2 Å². The van der Waals surface area contributed by atoms with Crippen LogP contribution in [-0.4, -0.2) is 18.1 Å². The molecule has 2 rings (SSSR count). The van der Waals surface area contributed by atoms with Gasteiger partial charge in [-0.1, -0.05) is 53.5 Å². The predicted octanol–water partition coefficient (Wildman–Crippen LogP) is 4.90. The maximum Gasteiger partial charge on any atom is 0.260 e. The van der Waals surface area contributed by atoms with Crippen LogP contribution >= 0.6 is 23.2 Å². The molecular weight excluding hydrogens is 345 g/mol. The summed E-state index contributed by atoms with van der Waals surface area (Å²) in [6.45, 7) is 3.69. The summed E-state index contributed by atoms with van der Waals surface area (Å²) < 4.78 is 5.62. The molecule has 0 aliphatic carbocycles. The van der Waals surface area contributed by atoms with Gasteiger partial charge < -0.3 is 10.1 Å². The number of benzene rings is 2. The molecule has 128 valence electrons. The Morgan fingerprint density at radius 2 is 1.83 bits per heavy atom. The van der Waals surface area contributed by atoms with Crippen molar-refractivity contribution in [3.63, 3.8) is 0 Å². The van der Waals surface area contributed by atoms with E-state index in [1.54, 1.807) is 25.1 Å². The average Bonchev–Trinajstić information content (AvgIpc) is 2.56. The van der Waals surface area contributed by atoms with Gasteiger partial charge >= 0.3 is 0 Å². The van der Waals surface area contributed by atoms with Crippen LogP contribution in [0.4, 0.5) is 0 Å². The normalized spacial score (nSPS) is 13.2. The van der Waals surface area contributed by atoms with Crippen LogP contribution in [0.15, 0.2) is 48.5 Å². The number of hydrogen-bond acceptors (Lipinski definition) is 2. The molecule has 0 saturated carbocycles. The minimum absolute atomic E-state index is 0.0597. The first-order valence-electron chi connectivity index (χ1n) is 7.91. The quantitative estimate of drug-likeness (QED) is 0.757. The fourth-order valence-corrected chi connectivity index (χ4v) is 2.73. The average molecular weight is 366 g/mol. The Morgan fingerprint density at radius 3 is 2.50 bits per heavy atom. The lowest BCUT2D eigenvalue weighted by atomic mass is 10.1. The molecular formula is C19H21Cl2NO2. The highest BCUT2D eigenvalue weighted by Crippen LogP contribution is 2.28. The molecule has 24 heavy (non-hydrogen) atoms. The van der Waals surface area contributed by atoms with Crippen molar-refractivity contribution in [2.75, 3.05) is 0 Å². The summed E-state index contributed by atoms with van der Waals surface area (Å²) in [5, 5.41) is 3.88. The smallest absolute Gasteiger partial charge is 0.260 e. The molecule has 5 heteroatoms. The van der Waals surface area contributed by atoms with E-state index >= 15 is 0 Å². The first kappa shape index (κ1) is 18.6. The predicted molar refractivity (Wildman–Crippen MR) is 98.9 cm³/mol. The Bertz CT molecular complexity index is 676. The Morgan fingerprint density at radius 1 is 1.12 bits per heavy atom. The standard InChI is InChI=1S/C19H21Cl2NO2/c1-13(8-9-15-6-4-3-5-7-15)22-19(23)14(2)24-18-11-10-16(20)12-17(18)21/h3-7,10-14H,8-9H2,1-2H3,(H,22,23)/t13-,14+/m1/s1. The zero-order valence-corrected chi connectivity index (χ0v) is 15.3. The van der Waals surface area contributed by atoms with E-state index in [-0.39, 0.29) is 11.9 Å².